The van der Waals surface area contributed by atoms with E-state index >= 15 is 0 Å². The van der Waals surface area contributed by atoms with Crippen LogP contribution in [0.25, 0.3) is 0 Å². The van der Waals surface area contributed by atoms with E-state index in [-0.39, 0.29) is 24.5 Å². The summed E-state index contributed by atoms with van der Waals surface area (Å²) in [7, 11) is 1.64. The van der Waals surface area contributed by atoms with Gasteiger partial charge < -0.3 is 19.7 Å². The van der Waals surface area contributed by atoms with Gasteiger partial charge in [0.2, 0.25) is 0 Å². The van der Waals surface area contributed by atoms with Crippen molar-refractivity contribution in [1.82, 2.24) is 25.1 Å². The number of rotatable bonds is 7. The minimum absolute atomic E-state index is 0.0692. The molecule has 1 fully saturated rings. The summed E-state index contributed by atoms with van der Waals surface area (Å²) in [5, 5.41) is 20.7. The second-order valence-electron chi connectivity index (χ2n) is 6.31. The van der Waals surface area contributed by atoms with Crippen LogP contribution in [-0.4, -0.2) is 50.5 Å². The number of aliphatic hydroxyl groups is 1. The number of pyridine rings is 1. The van der Waals surface area contributed by atoms with Gasteiger partial charge in [0.25, 0.3) is 5.91 Å². The maximum absolute atomic E-state index is 12.3. The molecule has 0 bridgehead atoms. The van der Waals surface area contributed by atoms with Gasteiger partial charge in [0.1, 0.15) is 12.4 Å². The molecule has 0 aromatic carbocycles. The first-order valence-corrected chi connectivity index (χ1v) is 8.37. The Balaban J connectivity index is 1.60. The predicted octanol–water partition coefficient (Wildman–Crippen LogP) is 0.796. The lowest BCUT2D eigenvalue weighted by molar-refractivity contribution is 0.0905. The van der Waals surface area contributed by atoms with Crippen molar-refractivity contribution in [2.45, 2.75) is 44.9 Å². The normalized spacial score (nSPS) is 19.5. The Bertz CT molecular complexity index is 740. The fourth-order valence-electron chi connectivity index (χ4n) is 3.13. The van der Waals surface area contributed by atoms with Gasteiger partial charge in [-0.05, 0) is 31.4 Å². The first-order valence-electron chi connectivity index (χ1n) is 8.37. The van der Waals surface area contributed by atoms with Crippen LogP contribution in [0.3, 0.4) is 0 Å². The minimum atomic E-state index is -0.148. The topological polar surface area (TPSA) is 102 Å². The van der Waals surface area contributed by atoms with Gasteiger partial charge in [-0.15, -0.1) is 10.2 Å². The highest BCUT2D eigenvalue weighted by Gasteiger charge is 2.35. The highest BCUT2D eigenvalue weighted by atomic mass is 16.5. The molecule has 3 rings (SSSR count). The van der Waals surface area contributed by atoms with Crippen LogP contribution in [0.1, 0.15) is 46.3 Å². The molecule has 0 saturated heterocycles. The summed E-state index contributed by atoms with van der Waals surface area (Å²) in [6.07, 6.45) is 4.94. The van der Waals surface area contributed by atoms with Crippen molar-refractivity contribution in [3.63, 3.8) is 0 Å². The van der Waals surface area contributed by atoms with Crippen molar-refractivity contribution >= 4 is 5.91 Å². The molecule has 1 saturated carbocycles. The highest BCUT2D eigenvalue weighted by molar-refractivity contribution is 5.95. The average Bonchev–Trinajstić information content (AvgIpc) is 2.98. The molecule has 0 radical (unpaired) electrons. The molecule has 25 heavy (non-hydrogen) atoms. The summed E-state index contributed by atoms with van der Waals surface area (Å²) in [5.41, 5.74) is 1.52. The standard InChI is InChI=1S/C17H23N5O3/c1-11-9-18-4-3-14(11)17(24)19-13-7-12(8-13)16-21-20-15(10-23)22(16)5-6-25-2/h3-4,9,12-13,23H,5-8,10H2,1-2H3,(H,19,24). The summed E-state index contributed by atoms with van der Waals surface area (Å²) in [4.78, 5) is 16.4. The minimum Gasteiger partial charge on any atom is -0.388 e. The van der Waals surface area contributed by atoms with Gasteiger partial charge in [-0.3, -0.25) is 9.78 Å². The van der Waals surface area contributed by atoms with Crippen LogP contribution in [0.15, 0.2) is 18.5 Å². The van der Waals surface area contributed by atoms with Crippen LogP contribution in [0.4, 0.5) is 0 Å². The van der Waals surface area contributed by atoms with Gasteiger partial charge in [-0.1, -0.05) is 0 Å². The average molecular weight is 345 g/mol. The number of ether oxygens (including phenoxy) is 1. The Labute approximate surface area is 146 Å². The SMILES string of the molecule is COCCn1c(CO)nnc1C1CC(NC(=O)c2ccncc2C)C1. The first-order chi connectivity index (χ1) is 12.1. The largest absolute Gasteiger partial charge is 0.388 e. The van der Waals surface area contributed by atoms with E-state index in [1.54, 1.807) is 25.6 Å². The zero-order valence-corrected chi connectivity index (χ0v) is 14.5. The number of nitrogens with one attached hydrogen (secondary N) is 1. The molecule has 1 aliphatic carbocycles. The predicted molar refractivity (Wildman–Crippen MR) is 90.0 cm³/mol. The number of carbonyl (C=O) groups excluding carboxylic acids is 1. The van der Waals surface area contributed by atoms with E-state index in [1.807, 2.05) is 11.5 Å². The smallest absolute Gasteiger partial charge is 0.251 e. The molecule has 134 valence electrons. The number of hydrogen-bond acceptors (Lipinski definition) is 6. The van der Waals surface area contributed by atoms with Gasteiger partial charge in [-0.25, -0.2) is 0 Å². The van der Waals surface area contributed by atoms with Crippen LogP contribution in [0.5, 0.6) is 0 Å². The fraction of sp³-hybridized carbons (Fsp3) is 0.529. The summed E-state index contributed by atoms with van der Waals surface area (Å²) in [6.45, 7) is 2.87. The molecule has 8 heteroatoms. The number of aromatic nitrogens is 4. The van der Waals surface area contributed by atoms with Gasteiger partial charge >= 0.3 is 0 Å². The van der Waals surface area contributed by atoms with E-state index in [0.29, 0.717) is 24.5 Å². The molecular formula is C17H23N5O3. The molecule has 2 aromatic rings. The van der Waals surface area contributed by atoms with Gasteiger partial charge in [0, 0.05) is 43.6 Å². The highest BCUT2D eigenvalue weighted by Crippen LogP contribution is 2.36. The molecule has 2 heterocycles. The number of nitrogens with zero attached hydrogens (tertiary/aromatic N) is 4. The van der Waals surface area contributed by atoms with Crippen LogP contribution in [0.2, 0.25) is 0 Å². The van der Waals surface area contributed by atoms with Crippen molar-refractivity contribution in [2.24, 2.45) is 0 Å². The second-order valence-corrected chi connectivity index (χ2v) is 6.31. The Kier molecular flexibility index (Phi) is 5.40. The van der Waals surface area contributed by atoms with Crippen molar-refractivity contribution in [2.75, 3.05) is 13.7 Å². The third-order valence-corrected chi connectivity index (χ3v) is 4.62. The number of methoxy groups -OCH3 is 1. The van der Waals surface area contributed by atoms with Crippen LogP contribution >= 0.6 is 0 Å². The number of aliphatic hydroxyl groups excluding tert-OH is 1. The Morgan fingerprint density at radius 1 is 1.44 bits per heavy atom. The maximum atomic E-state index is 12.3. The summed E-state index contributed by atoms with van der Waals surface area (Å²) < 4.78 is 7.03. The number of carbonyl (C=O) groups is 1. The van der Waals surface area contributed by atoms with E-state index in [9.17, 15) is 9.90 Å². The maximum Gasteiger partial charge on any atom is 0.251 e. The Morgan fingerprint density at radius 2 is 2.24 bits per heavy atom. The zero-order chi connectivity index (χ0) is 17.8. The lowest BCUT2D eigenvalue weighted by Gasteiger charge is -2.35. The monoisotopic (exact) mass is 345 g/mol. The number of aryl methyl sites for hydroxylation is 1. The molecule has 0 unspecified atom stereocenters. The first kappa shape index (κ1) is 17.5. The van der Waals surface area contributed by atoms with Gasteiger partial charge in [-0.2, -0.15) is 0 Å². The van der Waals surface area contributed by atoms with E-state index in [0.717, 1.165) is 24.2 Å². The molecule has 1 aliphatic rings. The lowest BCUT2D eigenvalue weighted by Crippen LogP contribution is -2.44. The molecule has 8 nitrogen and oxygen atoms in total. The summed E-state index contributed by atoms with van der Waals surface area (Å²) >= 11 is 0. The van der Waals surface area contributed by atoms with E-state index in [4.69, 9.17) is 4.74 Å². The Hall–Kier alpha value is -2.32. The number of hydrogen-bond donors (Lipinski definition) is 2. The van der Waals surface area contributed by atoms with E-state index < -0.39 is 0 Å². The fourth-order valence-corrected chi connectivity index (χ4v) is 3.13. The molecule has 2 aromatic heterocycles. The van der Waals surface area contributed by atoms with E-state index in [2.05, 4.69) is 20.5 Å². The van der Waals surface area contributed by atoms with Crippen molar-refractivity contribution in [1.29, 1.82) is 0 Å². The van der Waals surface area contributed by atoms with Crippen LogP contribution < -0.4 is 5.32 Å². The van der Waals surface area contributed by atoms with Crippen LogP contribution in [-0.2, 0) is 17.9 Å². The third-order valence-electron chi connectivity index (χ3n) is 4.62. The van der Waals surface area contributed by atoms with Crippen LogP contribution in [0, 0.1) is 6.92 Å². The zero-order valence-electron chi connectivity index (χ0n) is 14.5. The quantitative estimate of drug-likeness (QED) is 0.769. The number of amides is 1. The van der Waals surface area contributed by atoms with Crippen molar-refractivity contribution in [3.8, 4) is 0 Å². The second kappa shape index (κ2) is 7.71. The van der Waals surface area contributed by atoms with Crippen molar-refractivity contribution in [3.05, 3.63) is 41.2 Å². The summed E-state index contributed by atoms with van der Waals surface area (Å²) in [6, 6.07) is 1.85. The molecular weight excluding hydrogens is 322 g/mol. The molecule has 0 aliphatic heterocycles. The Morgan fingerprint density at radius 3 is 2.92 bits per heavy atom. The third kappa shape index (κ3) is 3.69. The van der Waals surface area contributed by atoms with E-state index in [1.165, 1.54) is 0 Å². The van der Waals surface area contributed by atoms with Gasteiger partial charge in [0.05, 0.1) is 6.61 Å². The van der Waals surface area contributed by atoms with Gasteiger partial charge in [0.15, 0.2) is 5.82 Å². The molecule has 1 amide bonds. The summed E-state index contributed by atoms with van der Waals surface area (Å²) in [5.74, 6) is 1.56. The van der Waals surface area contributed by atoms with Crippen molar-refractivity contribution < 1.29 is 14.6 Å². The molecule has 2 N–H and O–H groups in total. The molecule has 0 atom stereocenters. The molecule has 0 spiro atoms. The lowest BCUT2D eigenvalue weighted by atomic mass is 9.79.